The van der Waals surface area contributed by atoms with Crippen LogP contribution in [0.1, 0.15) is 21.7 Å². The second-order valence-corrected chi connectivity index (χ2v) is 7.79. The molecule has 3 aromatic rings. The van der Waals surface area contributed by atoms with Gasteiger partial charge in [0.1, 0.15) is 11.6 Å². The summed E-state index contributed by atoms with van der Waals surface area (Å²) in [5.41, 5.74) is 2.21. The summed E-state index contributed by atoms with van der Waals surface area (Å²) in [5, 5.41) is 6.24. The van der Waals surface area contributed by atoms with Gasteiger partial charge in [-0.1, -0.05) is 24.3 Å². The molecule has 1 aromatic heterocycles. The topological polar surface area (TPSA) is 73.1 Å². The Morgan fingerprint density at radius 3 is 2.55 bits per heavy atom. The lowest BCUT2D eigenvalue weighted by atomic mass is 10.1. The van der Waals surface area contributed by atoms with Crippen LogP contribution in [-0.2, 0) is 13.1 Å². The molecule has 1 saturated heterocycles. The third kappa shape index (κ3) is 5.71. The second-order valence-electron chi connectivity index (χ2n) is 7.79. The van der Waals surface area contributed by atoms with Crippen molar-refractivity contribution in [1.82, 2.24) is 15.5 Å². The smallest absolute Gasteiger partial charge is 0.251 e. The van der Waals surface area contributed by atoms with E-state index in [9.17, 15) is 9.18 Å². The summed E-state index contributed by atoms with van der Waals surface area (Å²) in [6.45, 7) is 3.80. The summed E-state index contributed by atoms with van der Waals surface area (Å²) in [6.07, 6.45) is 1.58. The molecule has 1 fully saturated rings. The number of rotatable bonds is 6. The molecule has 1 aliphatic heterocycles. The second kappa shape index (κ2) is 10.7. The van der Waals surface area contributed by atoms with E-state index >= 15 is 0 Å². The number of carbonyl (C=O) groups excluding carboxylic acids is 1. The highest BCUT2D eigenvalue weighted by atomic mass is 19.1. The first-order valence-electron chi connectivity index (χ1n) is 11.0. The Morgan fingerprint density at radius 1 is 1.00 bits per heavy atom. The Balaban J connectivity index is 1.29. The zero-order chi connectivity index (χ0) is 23.0. The molecule has 4 rings (SSSR count). The van der Waals surface area contributed by atoms with E-state index in [1.165, 1.54) is 6.07 Å². The Morgan fingerprint density at radius 2 is 1.82 bits per heavy atom. The van der Waals surface area contributed by atoms with Crippen molar-refractivity contribution in [1.29, 1.82) is 0 Å². The first-order chi connectivity index (χ1) is 16.1. The van der Waals surface area contributed by atoms with Crippen molar-refractivity contribution in [2.75, 3.05) is 38.1 Å². The number of halogens is 1. The average Bonchev–Trinajstić information content (AvgIpc) is 3.38. The van der Waals surface area contributed by atoms with Crippen molar-refractivity contribution in [3.8, 4) is 0 Å². The van der Waals surface area contributed by atoms with Gasteiger partial charge in [-0.3, -0.25) is 9.79 Å². The highest BCUT2D eigenvalue weighted by molar-refractivity contribution is 5.94. The van der Waals surface area contributed by atoms with Gasteiger partial charge in [-0.05, 0) is 42.0 Å². The minimum atomic E-state index is -0.193. The Hall–Kier alpha value is -3.81. The van der Waals surface area contributed by atoms with Gasteiger partial charge in [-0.2, -0.15) is 0 Å². The Kier molecular flexibility index (Phi) is 7.24. The first kappa shape index (κ1) is 22.4. The van der Waals surface area contributed by atoms with Gasteiger partial charge >= 0.3 is 0 Å². The number of nitrogens with one attached hydrogen (secondary N) is 2. The summed E-state index contributed by atoms with van der Waals surface area (Å²) in [4.78, 5) is 21.1. The number of hydrogen-bond donors (Lipinski definition) is 2. The van der Waals surface area contributed by atoms with Crippen LogP contribution >= 0.6 is 0 Å². The van der Waals surface area contributed by atoms with Gasteiger partial charge in [-0.15, -0.1) is 0 Å². The number of hydrogen-bond acceptors (Lipinski definition) is 4. The lowest BCUT2D eigenvalue weighted by Crippen LogP contribution is -2.52. The van der Waals surface area contributed by atoms with Crippen LogP contribution in [-0.4, -0.2) is 50.0 Å². The first-order valence-corrected chi connectivity index (χ1v) is 11.0. The maximum Gasteiger partial charge on any atom is 0.251 e. The molecule has 0 atom stereocenters. The number of amides is 1. The Labute approximate surface area is 192 Å². The van der Waals surface area contributed by atoms with Gasteiger partial charge < -0.3 is 24.9 Å². The molecule has 172 valence electrons. The molecule has 0 spiro atoms. The number of furan rings is 1. The SMILES string of the molecule is CN=C(NCc1cccc(C(=O)NCc2ccco2)c1)N1CCN(c2ccccc2F)CC1. The van der Waals surface area contributed by atoms with Crippen LogP contribution in [0.4, 0.5) is 10.1 Å². The normalized spacial score (nSPS) is 14.3. The number of piperazine rings is 1. The van der Waals surface area contributed by atoms with Crippen molar-refractivity contribution >= 4 is 17.6 Å². The fourth-order valence-electron chi connectivity index (χ4n) is 3.89. The minimum absolute atomic E-state index is 0.151. The lowest BCUT2D eigenvalue weighted by Gasteiger charge is -2.37. The zero-order valence-corrected chi connectivity index (χ0v) is 18.6. The number of para-hydroxylation sites is 1. The molecule has 7 nitrogen and oxygen atoms in total. The average molecular weight is 450 g/mol. The fourth-order valence-corrected chi connectivity index (χ4v) is 3.89. The summed E-state index contributed by atoms with van der Waals surface area (Å²) in [7, 11) is 1.75. The van der Waals surface area contributed by atoms with Crippen LogP contribution in [0.15, 0.2) is 76.3 Å². The molecule has 2 aromatic carbocycles. The molecule has 0 radical (unpaired) electrons. The Bertz CT molecular complexity index is 1090. The maximum absolute atomic E-state index is 14.1. The number of benzene rings is 2. The molecule has 1 amide bonds. The summed E-state index contributed by atoms with van der Waals surface area (Å²) in [5.74, 6) is 1.15. The van der Waals surface area contributed by atoms with E-state index in [2.05, 4.69) is 25.4 Å². The monoisotopic (exact) mass is 449 g/mol. The molecule has 0 aliphatic carbocycles. The molecule has 0 saturated carbocycles. The van der Waals surface area contributed by atoms with E-state index in [4.69, 9.17) is 4.42 Å². The number of carbonyl (C=O) groups is 1. The van der Waals surface area contributed by atoms with Crippen LogP contribution in [0.3, 0.4) is 0 Å². The molecule has 0 unspecified atom stereocenters. The lowest BCUT2D eigenvalue weighted by molar-refractivity contribution is 0.0948. The van der Waals surface area contributed by atoms with E-state index in [0.29, 0.717) is 43.2 Å². The van der Waals surface area contributed by atoms with Gasteiger partial charge in [-0.25, -0.2) is 4.39 Å². The summed E-state index contributed by atoms with van der Waals surface area (Å²) in [6, 6.07) is 18.0. The van der Waals surface area contributed by atoms with Crippen molar-refractivity contribution in [3.63, 3.8) is 0 Å². The summed E-state index contributed by atoms with van der Waals surface area (Å²) >= 11 is 0. The number of aliphatic imine (C=N–C) groups is 1. The van der Waals surface area contributed by atoms with E-state index in [0.717, 1.165) is 24.6 Å². The van der Waals surface area contributed by atoms with Gasteiger partial charge in [0.25, 0.3) is 5.91 Å². The van der Waals surface area contributed by atoms with E-state index < -0.39 is 0 Å². The van der Waals surface area contributed by atoms with Crippen molar-refractivity contribution in [3.05, 3.63) is 89.6 Å². The van der Waals surface area contributed by atoms with Crippen LogP contribution in [0.25, 0.3) is 0 Å². The van der Waals surface area contributed by atoms with Crippen LogP contribution in [0, 0.1) is 5.82 Å². The standard InChI is InChI=1S/C25H28FN5O2/c1-27-25(31-13-11-30(12-14-31)23-10-3-2-9-22(23)26)29-17-19-6-4-7-20(16-19)24(32)28-18-21-8-5-15-33-21/h2-10,15-16H,11-14,17-18H2,1H3,(H,27,29)(H,28,32). The fraction of sp³-hybridized carbons (Fsp3) is 0.280. The molecular weight excluding hydrogens is 421 g/mol. The maximum atomic E-state index is 14.1. The highest BCUT2D eigenvalue weighted by Gasteiger charge is 2.21. The quantitative estimate of drug-likeness (QED) is 0.447. The van der Waals surface area contributed by atoms with Crippen molar-refractivity contribution in [2.45, 2.75) is 13.1 Å². The van der Waals surface area contributed by atoms with E-state index in [1.807, 2.05) is 36.4 Å². The third-order valence-electron chi connectivity index (χ3n) is 5.63. The molecule has 8 heteroatoms. The van der Waals surface area contributed by atoms with Gasteiger partial charge in [0.15, 0.2) is 5.96 Å². The summed E-state index contributed by atoms with van der Waals surface area (Å²) < 4.78 is 19.3. The largest absolute Gasteiger partial charge is 0.467 e. The van der Waals surface area contributed by atoms with Crippen LogP contribution in [0.2, 0.25) is 0 Å². The molecule has 1 aliphatic rings. The predicted octanol–water partition coefficient (Wildman–Crippen LogP) is 3.25. The third-order valence-corrected chi connectivity index (χ3v) is 5.63. The number of guanidine groups is 1. The molecular formula is C25H28FN5O2. The van der Waals surface area contributed by atoms with Crippen molar-refractivity contribution < 1.29 is 13.6 Å². The molecule has 2 N–H and O–H groups in total. The molecule has 0 bridgehead atoms. The molecule has 2 heterocycles. The van der Waals surface area contributed by atoms with Gasteiger partial charge in [0.05, 0.1) is 18.5 Å². The number of nitrogens with zero attached hydrogens (tertiary/aromatic N) is 3. The number of anilines is 1. The molecule has 33 heavy (non-hydrogen) atoms. The van der Waals surface area contributed by atoms with Gasteiger partial charge in [0.2, 0.25) is 0 Å². The van der Waals surface area contributed by atoms with Crippen molar-refractivity contribution in [2.24, 2.45) is 4.99 Å². The highest BCUT2D eigenvalue weighted by Crippen LogP contribution is 2.20. The minimum Gasteiger partial charge on any atom is -0.467 e. The van der Waals surface area contributed by atoms with Crippen LogP contribution in [0.5, 0.6) is 0 Å². The van der Waals surface area contributed by atoms with E-state index in [1.54, 1.807) is 31.5 Å². The zero-order valence-electron chi connectivity index (χ0n) is 18.6. The predicted molar refractivity (Wildman–Crippen MR) is 127 cm³/mol. The van der Waals surface area contributed by atoms with Gasteiger partial charge in [0, 0.05) is 45.3 Å². The van der Waals surface area contributed by atoms with Crippen LogP contribution < -0.4 is 15.5 Å². The van der Waals surface area contributed by atoms with E-state index in [-0.39, 0.29) is 11.7 Å².